The maximum Gasteiger partial charge on any atom is 0.110 e. The molecule has 4 nitrogen and oxygen atoms in total. The number of rotatable bonds is 6. The Bertz CT molecular complexity index is 545. The first-order valence-corrected chi connectivity index (χ1v) is 7.25. The molecule has 0 saturated heterocycles. The first-order valence-electron chi connectivity index (χ1n) is 6.87. The lowest BCUT2D eigenvalue weighted by Gasteiger charge is -2.18. The molecule has 0 fully saturated rings. The molecule has 1 heterocycles. The number of hydrogen-bond acceptors (Lipinski definition) is 3. The SMILES string of the molecule is CCCn1ccnc1CC(NN)c1cc(C)cc(Cl)c1. The van der Waals surface area contributed by atoms with Gasteiger partial charge in [-0.25, -0.2) is 4.98 Å². The fourth-order valence-electron chi connectivity index (χ4n) is 2.40. The van der Waals surface area contributed by atoms with E-state index in [-0.39, 0.29) is 6.04 Å². The molecule has 0 spiro atoms. The molecule has 3 N–H and O–H groups in total. The molecule has 20 heavy (non-hydrogen) atoms. The number of nitrogens with one attached hydrogen (secondary N) is 1. The van der Waals surface area contributed by atoms with Crippen LogP contribution in [0, 0.1) is 6.92 Å². The summed E-state index contributed by atoms with van der Waals surface area (Å²) in [7, 11) is 0. The zero-order valence-corrected chi connectivity index (χ0v) is 12.7. The summed E-state index contributed by atoms with van der Waals surface area (Å²) in [5, 5.41) is 0.733. The van der Waals surface area contributed by atoms with E-state index in [2.05, 4.69) is 28.0 Å². The molecule has 2 aromatic rings. The number of hydrazine groups is 1. The normalized spacial score (nSPS) is 12.6. The molecule has 0 aliphatic carbocycles. The minimum absolute atomic E-state index is 0.00501. The molecule has 0 aliphatic rings. The van der Waals surface area contributed by atoms with Gasteiger partial charge in [0.15, 0.2) is 0 Å². The van der Waals surface area contributed by atoms with E-state index in [4.69, 9.17) is 17.4 Å². The van der Waals surface area contributed by atoms with Crippen molar-refractivity contribution in [3.63, 3.8) is 0 Å². The average Bonchev–Trinajstić information content (AvgIpc) is 2.82. The van der Waals surface area contributed by atoms with E-state index in [1.807, 2.05) is 31.5 Å². The summed E-state index contributed by atoms with van der Waals surface area (Å²) >= 11 is 6.12. The van der Waals surface area contributed by atoms with E-state index < -0.39 is 0 Å². The van der Waals surface area contributed by atoms with Crippen LogP contribution in [-0.4, -0.2) is 9.55 Å². The Morgan fingerprint density at radius 3 is 2.85 bits per heavy atom. The van der Waals surface area contributed by atoms with Crippen LogP contribution in [0.3, 0.4) is 0 Å². The lowest BCUT2D eigenvalue weighted by molar-refractivity contribution is 0.517. The van der Waals surface area contributed by atoms with Crippen molar-refractivity contribution in [3.05, 3.63) is 52.6 Å². The maximum absolute atomic E-state index is 6.12. The number of imidazole rings is 1. The molecule has 0 aliphatic heterocycles. The van der Waals surface area contributed by atoms with Gasteiger partial charge in [-0.3, -0.25) is 11.3 Å². The number of hydrogen-bond donors (Lipinski definition) is 2. The predicted molar refractivity (Wildman–Crippen MR) is 82.5 cm³/mol. The minimum Gasteiger partial charge on any atom is -0.335 e. The van der Waals surface area contributed by atoms with E-state index in [9.17, 15) is 0 Å². The third-order valence-electron chi connectivity index (χ3n) is 3.32. The van der Waals surface area contributed by atoms with Crippen molar-refractivity contribution in [2.75, 3.05) is 0 Å². The topological polar surface area (TPSA) is 55.9 Å². The Hall–Kier alpha value is -1.36. The highest BCUT2D eigenvalue weighted by Crippen LogP contribution is 2.22. The molecule has 0 bridgehead atoms. The highest BCUT2D eigenvalue weighted by Gasteiger charge is 2.14. The predicted octanol–water partition coefficient (Wildman–Crippen LogP) is 3.00. The van der Waals surface area contributed by atoms with E-state index in [0.29, 0.717) is 0 Å². The summed E-state index contributed by atoms with van der Waals surface area (Å²) in [4.78, 5) is 4.43. The molecule has 1 aromatic carbocycles. The van der Waals surface area contributed by atoms with Gasteiger partial charge in [-0.2, -0.15) is 0 Å². The van der Waals surface area contributed by atoms with Gasteiger partial charge in [0, 0.05) is 30.4 Å². The molecule has 1 atom stereocenters. The van der Waals surface area contributed by atoms with Crippen LogP contribution in [0.5, 0.6) is 0 Å². The first-order chi connectivity index (χ1) is 9.63. The standard InChI is InChI=1S/C15H21ClN4/c1-3-5-20-6-4-18-15(20)10-14(19-17)12-7-11(2)8-13(16)9-12/h4,6-9,14,19H,3,5,10,17H2,1-2H3. The molecule has 1 aromatic heterocycles. The average molecular weight is 293 g/mol. The number of aryl methyl sites for hydroxylation is 2. The number of benzene rings is 1. The molecule has 2 rings (SSSR count). The third-order valence-corrected chi connectivity index (χ3v) is 3.54. The van der Waals surface area contributed by atoms with Gasteiger partial charge in [-0.05, 0) is 36.6 Å². The Kier molecular flexibility index (Phi) is 5.17. The fraction of sp³-hybridized carbons (Fsp3) is 0.400. The Morgan fingerprint density at radius 2 is 2.20 bits per heavy atom. The Labute approximate surface area is 124 Å². The van der Waals surface area contributed by atoms with Gasteiger partial charge < -0.3 is 4.57 Å². The zero-order chi connectivity index (χ0) is 14.5. The highest BCUT2D eigenvalue weighted by molar-refractivity contribution is 6.30. The van der Waals surface area contributed by atoms with Gasteiger partial charge in [0.05, 0.1) is 6.04 Å². The molecule has 0 saturated carbocycles. The van der Waals surface area contributed by atoms with E-state index in [0.717, 1.165) is 41.4 Å². The van der Waals surface area contributed by atoms with Gasteiger partial charge >= 0.3 is 0 Å². The molecule has 0 amide bonds. The molecule has 5 heteroatoms. The smallest absolute Gasteiger partial charge is 0.110 e. The van der Waals surface area contributed by atoms with E-state index in [1.54, 1.807) is 0 Å². The zero-order valence-electron chi connectivity index (χ0n) is 11.9. The second-order valence-corrected chi connectivity index (χ2v) is 5.46. The summed E-state index contributed by atoms with van der Waals surface area (Å²) in [6.45, 7) is 5.16. The van der Waals surface area contributed by atoms with Gasteiger partial charge in [0.1, 0.15) is 5.82 Å². The van der Waals surface area contributed by atoms with Crippen LogP contribution in [0.1, 0.15) is 36.3 Å². The number of nitrogens with two attached hydrogens (primary N) is 1. The van der Waals surface area contributed by atoms with Crippen LogP contribution in [0.15, 0.2) is 30.6 Å². The molecule has 108 valence electrons. The summed E-state index contributed by atoms with van der Waals surface area (Å²) in [5.74, 6) is 6.75. The van der Waals surface area contributed by atoms with E-state index >= 15 is 0 Å². The summed E-state index contributed by atoms with van der Waals surface area (Å²) in [6.07, 6.45) is 5.67. The van der Waals surface area contributed by atoms with Crippen molar-refractivity contribution in [1.29, 1.82) is 0 Å². The van der Waals surface area contributed by atoms with Gasteiger partial charge in [0.25, 0.3) is 0 Å². The van der Waals surface area contributed by atoms with Crippen LogP contribution in [0.25, 0.3) is 0 Å². The molecule has 1 unspecified atom stereocenters. The van der Waals surface area contributed by atoms with Crippen molar-refractivity contribution in [2.24, 2.45) is 5.84 Å². The number of halogens is 1. The van der Waals surface area contributed by atoms with Crippen molar-refractivity contribution in [1.82, 2.24) is 15.0 Å². The summed E-state index contributed by atoms with van der Waals surface area (Å²) < 4.78 is 2.17. The summed E-state index contributed by atoms with van der Waals surface area (Å²) in [6, 6.07) is 6.00. The maximum atomic E-state index is 6.12. The Morgan fingerprint density at radius 1 is 1.40 bits per heavy atom. The van der Waals surface area contributed by atoms with Crippen molar-refractivity contribution >= 4 is 11.6 Å². The number of aromatic nitrogens is 2. The summed E-state index contributed by atoms with van der Waals surface area (Å²) in [5.41, 5.74) is 5.08. The van der Waals surface area contributed by atoms with Crippen molar-refractivity contribution in [3.8, 4) is 0 Å². The monoisotopic (exact) mass is 292 g/mol. The fourth-order valence-corrected chi connectivity index (χ4v) is 2.69. The lowest BCUT2D eigenvalue weighted by atomic mass is 10.0. The second-order valence-electron chi connectivity index (χ2n) is 5.02. The van der Waals surface area contributed by atoms with Crippen molar-refractivity contribution in [2.45, 2.75) is 39.3 Å². The lowest BCUT2D eigenvalue weighted by Crippen LogP contribution is -2.30. The van der Waals surface area contributed by atoms with Crippen LogP contribution in [0.4, 0.5) is 0 Å². The van der Waals surface area contributed by atoms with Crippen molar-refractivity contribution < 1.29 is 0 Å². The van der Waals surface area contributed by atoms with Gasteiger partial charge in [-0.15, -0.1) is 0 Å². The molecular weight excluding hydrogens is 272 g/mol. The molecule has 0 radical (unpaired) electrons. The van der Waals surface area contributed by atoms with Crippen LogP contribution in [-0.2, 0) is 13.0 Å². The number of nitrogens with zero attached hydrogens (tertiary/aromatic N) is 2. The highest BCUT2D eigenvalue weighted by atomic mass is 35.5. The van der Waals surface area contributed by atoms with Gasteiger partial charge in [0.2, 0.25) is 0 Å². The second kappa shape index (κ2) is 6.88. The third kappa shape index (κ3) is 3.60. The van der Waals surface area contributed by atoms with Crippen LogP contribution >= 0.6 is 11.6 Å². The minimum atomic E-state index is 0.00501. The quantitative estimate of drug-likeness (QED) is 0.636. The van der Waals surface area contributed by atoms with Gasteiger partial charge in [-0.1, -0.05) is 24.6 Å². The molecular formula is C15H21ClN4. The van der Waals surface area contributed by atoms with Crippen LogP contribution in [0.2, 0.25) is 5.02 Å². The van der Waals surface area contributed by atoms with E-state index in [1.165, 1.54) is 0 Å². The Balaban J connectivity index is 2.22. The van der Waals surface area contributed by atoms with Crippen LogP contribution < -0.4 is 11.3 Å². The first kappa shape index (κ1) is 15.0. The largest absolute Gasteiger partial charge is 0.335 e.